The maximum Gasteiger partial charge on any atom is 0.227 e. The van der Waals surface area contributed by atoms with Crippen molar-refractivity contribution in [1.29, 1.82) is 0 Å². The second-order valence-electron chi connectivity index (χ2n) is 6.61. The molecule has 0 bridgehead atoms. The Hall–Kier alpha value is -1.95. The van der Waals surface area contributed by atoms with Crippen LogP contribution >= 0.6 is 0 Å². The van der Waals surface area contributed by atoms with E-state index in [1.807, 2.05) is 17.3 Å². The number of rotatable bonds is 5. The molecule has 0 N–H and O–H groups in total. The predicted molar refractivity (Wildman–Crippen MR) is 89.4 cm³/mol. The van der Waals surface area contributed by atoms with Gasteiger partial charge in [-0.3, -0.25) is 14.6 Å². The molecule has 130 valence electrons. The van der Waals surface area contributed by atoms with Gasteiger partial charge in [0.2, 0.25) is 11.8 Å². The minimum Gasteiger partial charge on any atom is -0.383 e. The van der Waals surface area contributed by atoms with Crippen molar-refractivity contribution < 1.29 is 14.3 Å². The van der Waals surface area contributed by atoms with E-state index in [4.69, 9.17) is 4.74 Å². The Balaban J connectivity index is 1.51. The van der Waals surface area contributed by atoms with Crippen molar-refractivity contribution in [2.24, 2.45) is 5.92 Å². The van der Waals surface area contributed by atoms with Crippen molar-refractivity contribution in [2.75, 3.05) is 39.9 Å². The summed E-state index contributed by atoms with van der Waals surface area (Å²) in [6.45, 7) is 3.17. The normalized spacial score (nSPS) is 22.2. The summed E-state index contributed by atoms with van der Waals surface area (Å²) < 4.78 is 5.02. The van der Waals surface area contributed by atoms with Crippen LogP contribution in [-0.4, -0.2) is 66.5 Å². The molecule has 2 amide bonds. The van der Waals surface area contributed by atoms with Crippen molar-refractivity contribution in [2.45, 2.75) is 25.2 Å². The molecule has 0 aliphatic carbocycles. The van der Waals surface area contributed by atoms with Gasteiger partial charge in [-0.15, -0.1) is 0 Å². The summed E-state index contributed by atoms with van der Waals surface area (Å²) in [4.78, 5) is 32.5. The lowest BCUT2D eigenvalue weighted by Crippen LogP contribution is -2.42. The molecule has 0 radical (unpaired) electrons. The van der Waals surface area contributed by atoms with Gasteiger partial charge in [-0.1, -0.05) is 0 Å². The summed E-state index contributed by atoms with van der Waals surface area (Å²) in [5, 5.41) is 0. The number of amides is 2. The summed E-state index contributed by atoms with van der Waals surface area (Å²) in [5.74, 6) is 0.515. The number of likely N-dealkylation sites (tertiary alicyclic amines) is 2. The molecule has 6 nitrogen and oxygen atoms in total. The zero-order chi connectivity index (χ0) is 16.9. The zero-order valence-electron chi connectivity index (χ0n) is 14.2. The standard InChI is InChI=1S/C18H25N3O3/c1-24-11-10-21-13-16(12-17(21)22)18(23)20-8-4-15(5-9-20)14-2-6-19-7-3-14/h2-3,6-7,15-16H,4-5,8-13H2,1H3/t16-/m0/s1. The Labute approximate surface area is 142 Å². The molecule has 0 spiro atoms. The van der Waals surface area contributed by atoms with Gasteiger partial charge >= 0.3 is 0 Å². The van der Waals surface area contributed by atoms with E-state index in [0.29, 0.717) is 32.0 Å². The van der Waals surface area contributed by atoms with Crippen molar-refractivity contribution in [3.8, 4) is 0 Å². The highest BCUT2D eigenvalue weighted by molar-refractivity contribution is 5.89. The molecule has 2 fully saturated rings. The fraction of sp³-hybridized carbons (Fsp3) is 0.611. The molecule has 1 aromatic heterocycles. The summed E-state index contributed by atoms with van der Waals surface area (Å²) in [6.07, 6.45) is 5.94. The fourth-order valence-corrected chi connectivity index (χ4v) is 3.68. The number of hydrogen-bond donors (Lipinski definition) is 0. The molecule has 2 saturated heterocycles. The quantitative estimate of drug-likeness (QED) is 0.815. The Morgan fingerprint density at radius 1 is 1.29 bits per heavy atom. The van der Waals surface area contributed by atoms with Gasteiger partial charge in [-0.2, -0.15) is 0 Å². The molecule has 3 heterocycles. The summed E-state index contributed by atoms with van der Waals surface area (Å²) in [5.41, 5.74) is 1.30. The number of methoxy groups -OCH3 is 1. The lowest BCUT2D eigenvalue weighted by atomic mass is 9.89. The first kappa shape index (κ1) is 16.9. The largest absolute Gasteiger partial charge is 0.383 e. The first-order chi connectivity index (χ1) is 11.7. The number of ether oxygens (including phenoxy) is 1. The fourth-order valence-electron chi connectivity index (χ4n) is 3.68. The second-order valence-corrected chi connectivity index (χ2v) is 6.61. The Morgan fingerprint density at radius 2 is 2.00 bits per heavy atom. The molecular weight excluding hydrogens is 306 g/mol. The lowest BCUT2D eigenvalue weighted by molar-refractivity contribution is -0.136. The van der Waals surface area contributed by atoms with Crippen LogP contribution in [-0.2, 0) is 14.3 Å². The van der Waals surface area contributed by atoms with E-state index in [1.54, 1.807) is 12.0 Å². The van der Waals surface area contributed by atoms with Crippen LogP contribution in [0.4, 0.5) is 0 Å². The Morgan fingerprint density at radius 3 is 2.67 bits per heavy atom. The van der Waals surface area contributed by atoms with Crippen LogP contribution in [0.2, 0.25) is 0 Å². The summed E-state index contributed by atoms with van der Waals surface area (Å²) in [6, 6.07) is 4.12. The Kier molecular flexibility index (Phi) is 5.45. The average Bonchev–Trinajstić information content (AvgIpc) is 3.01. The third kappa shape index (κ3) is 3.75. The highest BCUT2D eigenvalue weighted by Gasteiger charge is 2.37. The van der Waals surface area contributed by atoms with E-state index < -0.39 is 0 Å². The number of hydrogen-bond acceptors (Lipinski definition) is 4. The van der Waals surface area contributed by atoms with Crippen molar-refractivity contribution >= 4 is 11.8 Å². The molecule has 1 atom stereocenters. The van der Waals surface area contributed by atoms with E-state index in [0.717, 1.165) is 25.9 Å². The van der Waals surface area contributed by atoms with Crippen LogP contribution in [0.1, 0.15) is 30.7 Å². The molecule has 2 aliphatic heterocycles. The monoisotopic (exact) mass is 331 g/mol. The number of pyridine rings is 1. The van der Waals surface area contributed by atoms with E-state index in [1.165, 1.54) is 5.56 Å². The van der Waals surface area contributed by atoms with Crippen LogP contribution in [0.25, 0.3) is 0 Å². The van der Waals surface area contributed by atoms with Crippen LogP contribution in [0.5, 0.6) is 0 Å². The summed E-state index contributed by atoms with van der Waals surface area (Å²) >= 11 is 0. The van der Waals surface area contributed by atoms with Gasteiger partial charge in [0.15, 0.2) is 0 Å². The smallest absolute Gasteiger partial charge is 0.227 e. The van der Waals surface area contributed by atoms with Gasteiger partial charge in [-0.25, -0.2) is 0 Å². The molecule has 0 saturated carbocycles. The van der Waals surface area contributed by atoms with Crippen LogP contribution in [0, 0.1) is 5.92 Å². The Bertz CT molecular complexity index is 570. The number of aromatic nitrogens is 1. The SMILES string of the molecule is COCCN1C[C@@H](C(=O)N2CCC(c3ccncc3)CC2)CC1=O. The van der Waals surface area contributed by atoms with Gasteiger partial charge in [0.1, 0.15) is 0 Å². The molecule has 24 heavy (non-hydrogen) atoms. The van der Waals surface area contributed by atoms with Gasteiger partial charge in [0, 0.05) is 52.1 Å². The lowest BCUT2D eigenvalue weighted by Gasteiger charge is -2.33. The molecule has 0 aromatic carbocycles. The molecule has 2 aliphatic rings. The number of carbonyl (C=O) groups excluding carboxylic acids is 2. The maximum atomic E-state index is 12.7. The van der Waals surface area contributed by atoms with Gasteiger partial charge in [-0.05, 0) is 36.5 Å². The minimum atomic E-state index is -0.188. The first-order valence-corrected chi connectivity index (χ1v) is 8.64. The summed E-state index contributed by atoms with van der Waals surface area (Å²) in [7, 11) is 1.62. The highest BCUT2D eigenvalue weighted by atomic mass is 16.5. The maximum absolute atomic E-state index is 12.7. The van der Waals surface area contributed by atoms with E-state index in [2.05, 4.69) is 17.1 Å². The van der Waals surface area contributed by atoms with Gasteiger partial charge in [0.05, 0.1) is 12.5 Å². The number of piperidine rings is 1. The molecule has 0 unspecified atom stereocenters. The molecule has 3 rings (SSSR count). The van der Waals surface area contributed by atoms with E-state index in [-0.39, 0.29) is 17.7 Å². The number of carbonyl (C=O) groups is 2. The number of nitrogens with zero attached hydrogens (tertiary/aromatic N) is 3. The third-order valence-corrected chi connectivity index (χ3v) is 5.11. The van der Waals surface area contributed by atoms with Gasteiger partial charge in [0.25, 0.3) is 0 Å². The van der Waals surface area contributed by atoms with Crippen molar-refractivity contribution in [3.63, 3.8) is 0 Å². The van der Waals surface area contributed by atoms with Crippen LogP contribution < -0.4 is 0 Å². The predicted octanol–water partition coefficient (Wildman–Crippen LogP) is 1.28. The van der Waals surface area contributed by atoms with Crippen LogP contribution in [0.15, 0.2) is 24.5 Å². The molecule has 1 aromatic rings. The van der Waals surface area contributed by atoms with Crippen molar-refractivity contribution in [3.05, 3.63) is 30.1 Å². The zero-order valence-corrected chi connectivity index (χ0v) is 14.2. The first-order valence-electron chi connectivity index (χ1n) is 8.64. The average molecular weight is 331 g/mol. The molecule has 6 heteroatoms. The molecular formula is C18H25N3O3. The highest BCUT2D eigenvalue weighted by Crippen LogP contribution is 2.29. The second kappa shape index (κ2) is 7.75. The van der Waals surface area contributed by atoms with Crippen molar-refractivity contribution in [1.82, 2.24) is 14.8 Å². The topological polar surface area (TPSA) is 62.7 Å². The van der Waals surface area contributed by atoms with Crippen LogP contribution in [0.3, 0.4) is 0 Å². The minimum absolute atomic E-state index is 0.0667. The third-order valence-electron chi connectivity index (χ3n) is 5.11. The van der Waals surface area contributed by atoms with E-state index in [9.17, 15) is 9.59 Å². The van der Waals surface area contributed by atoms with Gasteiger partial charge < -0.3 is 14.5 Å². The van der Waals surface area contributed by atoms with E-state index >= 15 is 0 Å².